The molecule has 0 aliphatic rings. The van der Waals surface area contributed by atoms with Crippen molar-refractivity contribution < 1.29 is 9.53 Å². The topological polar surface area (TPSA) is 50.1 Å². The van der Waals surface area contributed by atoms with Gasteiger partial charge in [0.25, 0.3) is 0 Å². The summed E-state index contributed by atoms with van der Waals surface area (Å²) in [7, 11) is 0. The number of nitriles is 1. The van der Waals surface area contributed by atoms with Crippen LogP contribution in [-0.2, 0) is 0 Å². The molecule has 3 heteroatoms. The van der Waals surface area contributed by atoms with E-state index in [1.807, 2.05) is 49.4 Å². The number of Topliss-reactive ketones (excluding diaryl/α,β-unsaturated/α-hetero) is 1. The highest BCUT2D eigenvalue weighted by Crippen LogP contribution is 2.30. The van der Waals surface area contributed by atoms with E-state index in [1.165, 1.54) is 0 Å². The van der Waals surface area contributed by atoms with Gasteiger partial charge in [-0.2, -0.15) is 5.26 Å². The molecule has 0 amide bonds. The summed E-state index contributed by atoms with van der Waals surface area (Å²) in [5, 5.41) is 8.54. The normalized spacial score (nSPS) is 9.80. The molecule has 0 unspecified atom stereocenters. The van der Waals surface area contributed by atoms with Gasteiger partial charge in [-0.15, -0.1) is 0 Å². The zero-order valence-electron chi connectivity index (χ0n) is 11.3. The average molecular weight is 265 g/mol. The van der Waals surface area contributed by atoms with Crippen LogP contribution in [0.15, 0.2) is 48.5 Å². The molecule has 0 saturated heterocycles. The summed E-state index contributed by atoms with van der Waals surface area (Å²) in [6, 6.07) is 16.9. The Labute approximate surface area is 118 Å². The van der Waals surface area contributed by atoms with Gasteiger partial charge in [0.1, 0.15) is 5.75 Å². The molecule has 2 aromatic carbocycles. The second-order valence-electron chi connectivity index (χ2n) is 4.26. The van der Waals surface area contributed by atoms with Crippen molar-refractivity contribution in [2.75, 3.05) is 6.61 Å². The SMILES string of the molecule is CCOc1ccccc1-c1ccc(C(=O)CC#N)cc1. The fraction of sp³-hybridized carbons (Fsp3) is 0.176. The maximum Gasteiger partial charge on any atom is 0.176 e. The van der Waals surface area contributed by atoms with Crippen molar-refractivity contribution in [3.8, 4) is 22.9 Å². The fourth-order valence-corrected chi connectivity index (χ4v) is 2.00. The van der Waals surface area contributed by atoms with Gasteiger partial charge in [0, 0.05) is 11.1 Å². The predicted molar refractivity (Wildman–Crippen MR) is 77.6 cm³/mol. The third-order valence-electron chi connectivity index (χ3n) is 2.94. The molecule has 0 fully saturated rings. The molecule has 0 atom stereocenters. The maximum absolute atomic E-state index is 11.6. The van der Waals surface area contributed by atoms with Crippen molar-refractivity contribution in [2.45, 2.75) is 13.3 Å². The molecule has 20 heavy (non-hydrogen) atoms. The number of hydrogen-bond donors (Lipinski definition) is 0. The van der Waals surface area contributed by atoms with Crippen molar-refractivity contribution in [1.82, 2.24) is 0 Å². The van der Waals surface area contributed by atoms with E-state index in [0.29, 0.717) is 12.2 Å². The minimum atomic E-state index is -0.155. The Bertz CT molecular complexity index is 639. The maximum atomic E-state index is 11.6. The minimum Gasteiger partial charge on any atom is -0.493 e. The van der Waals surface area contributed by atoms with Crippen molar-refractivity contribution in [1.29, 1.82) is 5.26 Å². The standard InChI is InChI=1S/C17H15NO2/c1-2-20-17-6-4-3-5-15(17)13-7-9-14(10-8-13)16(19)11-12-18/h3-10H,2,11H2,1H3. The number of carbonyl (C=O) groups is 1. The van der Waals surface area contributed by atoms with Gasteiger partial charge in [-0.25, -0.2) is 0 Å². The van der Waals surface area contributed by atoms with Crippen LogP contribution in [0.4, 0.5) is 0 Å². The van der Waals surface area contributed by atoms with Crippen molar-refractivity contribution >= 4 is 5.78 Å². The first kappa shape index (κ1) is 13.8. The highest BCUT2D eigenvalue weighted by Gasteiger charge is 2.08. The molecule has 2 aromatic rings. The lowest BCUT2D eigenvalue weighted by atomic mass is 10.0. The molecule has 2 rings (SSSR count). The Morgan fingerprint density at radius 2 is 1.85 bits per heavy atom. The van der Waals surface area contributed by atoms with E-state index in [-0.39, 0.29) is 12.2 Å². The summed E-state index contributed by atoms with van der Waals surface area (Å²) in [6.45, 7) is 2.55. The van der Waals surface area contributed by atoms with Gasteiger partial charge < -0.3 is 4.74 Å². The monoisotopic (exact) mass is 265 g/mol. The number of hydrogen-bond acceptors (Lipinski definition) is 3. The summed E-state index contributed by atoms with van der Waals surface area (Å²) in [5.41, 5.74) is 2.54. The summed E-state index contributed by atoms with van der Waals surface area (Å²) in [4.78, 5) is 11.6. The van der Waals surface area contributed by atoms with Gasteiger partial charge in [-0.05, 0) is 18.6 Å². The molecular formula is C17H15NO2. The first-order valence-electron chi connectivity index (χ1n) is 6.48. The largest absolute Gasteiger partial charge is 0.493 e. The molecule has 0 spiro atoms. The van der Waals surface area contributed by atoms with Crippen LogP contribution in [0.25, 0.3) is 11.1 Å². The summed E-state index contributed by atoms with van der Waals surface area (Å²) in [5.74, 6) is 0.670. The van der Waals surface area contributed by atoms with E-state index in [2.05, 4.69) is 0 Å². The lowest BCUT2D eigenvalue weighted by molar-refractivity contribution is 0.0998. The zero-order chi connectivity index (χ0) is 14.4. The second-order valence-corrected chi connectivity index (χ2v) is 4.26. The number of benzene rings is 2. The van der Waals surface area contributed by atoms with Gasteiger partial charge in [-0.3, -0.25) is 4.79 Å². The second kappa shape index (κ2) is 6.53. The molecule has 0 heterocycles. The Morgan fingerprint density at radius 3 is 2.50 bits per heavy atom. The van der Waals surface area contributed by atoms with Crippen molar-refractivity contribution in [3.63, 3.8) is 0 Å². The quantitative estimate of drug-likeness (QED) is 0.771. The van der Waals surface area contributed by atoms with Gasteiger partial charge >= 0.3 is 0 Å². The van der Waals surface area contributed by atoms with Gasteiger partial charge in [-0.1, -0.05) is 42.5 Å². The van der Waals surface area contributed by atoms with Crippen LogP contribution in [0, 0.1) is 11.3 Å². The lowest BCUT2D eigenvalue weighted by Gasteiger charge is -2.10. The Kier molecular flexibility index (Phi) is 4.52. The van der Waals surface area contributed by atoms with E-state index < -0.39 is 0 Å². The van der Waals surface area contributed by atoms with Crippen LogP contribution >= 0.6 is 0 Å². The number of carbonyl (C=O) groups excluding carboxylic acids is 1. The van der Waals surface area contributed by atoms with Crippen LogP contribution in [-0.4, -0.2) is 12.4 Å². The first-order chi connectivity index (χ1) is 9.76. The Balaban J connectivity index is 2.31. The molecule has 0 aliphatic heterocycles. The Hall–Kier alpha value is -2.60. The fourth-order valence-electron chi connectivity index (χ4n) is 2.00. The van der Waals surface area contributed by atoms with Crippen LogP contribution in [0.3, 0.4) is 0 Å². The number of para-hydroxylation sites is 1. The molecule has 3 nitrogen and oxygen atoms in total. The number of ketones is 1. The molecule has 0 aromatic heterocycles. The third-order valence-corrected chi connectivity index (χ3v) is 2.94. The average Bonchev–Trinajstić information content (AvgIpc) is 2.49. The van der Waals surface area contributed by atoms with E-state index >= 15 is 0 Å². The van der Waals surface area contributed by atoms with Gasteiger partial charge in [0.15, 0.2) is 5.78 Å². The van der Waals surface area contributed by atoms with Crippen molar-refractivity contribution in [2.24, 2.45) is 0 Å². The number of nitrogens with zero attached hydrogens (tertiary/aromatic N) is 1. The Morgan fingerprint density at radius 1 is 1.15 bits per heavy atom. The predicted octanol–water partition coefficient (Wildman–Crippen LogP) is 3.85. The third kappa shape index (κ3) is 3.04. The smallest absolute Gasteiger partial charge is 0.176 e. The summed E-state index contributed by atoms with van der Waals surface area (Å²) in [6.07, 6.45) is -0.0884. The molecule has 0 bridgehead atoms. The minimum absolute atomic E-state index is 0.0884. The van der Waals surface area contributed by atoms with E-state index in [9.17, 15) is 4.79 Å². The van der Waals surface area contributed by atoms with Gasteiger partial charge in [0.2, 0.25) is 0 Å². The number of rotatable bonds is 5. The first-order valence-corrected chi connectivity index (χ1v) is 6.48. The highest BCUT2D eigenvalue weighted by atomic mass is 16.5. The van der Waals surface area contributed by atoms with Crippen LogP contribution in [0.2, 0.25) is 0 Å². The molecule has 100 valence electrons. The van der Waals surface area contributed by atoms with E-state index in [1.54, 1.807) is 12.1 Å². The number of ether oxygens (including phenoxy) is 1. The summed E-state index contributed by atoms with van der Waals surface area (Å²) >= 11 is 0. The highest BCUT2D eigenvalue weighted by molar-refractivity contribution is 5.97. The van der Waals surface area contributed by atoms with Crippen LogP contribution in [0.5, 0.6) is 5.75 Å². The zero-order valence-corrected chi connectivity index (χ0v) is 11.3. The summed E-state index contributed by atoms with van der Waals surface area (Å²) < 4.78 is 5.60. The molecule has 0 N–H and O–H groups in total. The van der Waals surface area contributed by atoms with Crippen molar-refractivity contribution in [3.05, 3.63) is 54.1 Å². The molecule has 0 saturated carbocycles. The van der Waals surface area contributed by atoms with Gasteiger partial charge in [0.05, 0.1) is 19.1 Å². The molecular weight excluding hydrogens is 250 g/mol. The van der Waals surface area contributed by atoms with Crippen LogP contribution in [0.1, 0.15) is 23.7 Å². The van der Waals surface area contributed by atoms with E-state index in [4.69, 9.17) is 10.00 Å². The molecule has 0 aliphatic carbocycles. The van der Waals surface area contributed by atoms with Crippen LogP contribution < -0.4 is 4.74 Å². The lowest BCUT2D eigenvalue weighted by Crippen LogP contribution is -1.97. The van der Waals surface area contributed by atoms with E-state index in [0.717, 1.165) is 16.9 Å². The molecule has 0 radical (unpaired) electrons.